The number of anilines is 2. The Morgan fingerprint density at radius 3 is 2.32 bits per heavy atom. The number of aryl methyl sites for hydroxylation is 1. The highest BCUT2D eigenvalue weighted by Crippen LogP contribution is 2.45. The molecular formula is C30H33N5OS. The monoisotopic (exact) mass is 511 g/mol. The van der Waals surface area contributed by atoms with Crippen LogP contribution in [-0.4, -0.2) is 32.9 Å². The number of phenols is 1. The van der Waals surface area contributed by atoms with Gasteiger partial charge in [0.15, 0.2) is 5.11 Å². The van der Waals surface area contributed by atoms with E-state index >= 15 is 0 Å². The highest BCUT2D eigenvalue weighted by Gasteiger charge is 2.43. The Hall–Kier alpha value is -3.84. The van der Waals surface area contributed by atoms with Gasteiger partial charge >= 0.3 is 0 Å². The number of thiocarbonyl (C=S) groups is 1. The predicted molar refractivity (Wildman–Crippen MR) is 155 cm³/mol. The van der Waals surface area contributed by atoms with Crippen LogP contribution >= 0.6 is 12.2 Å². The molecular weight excluding hydrogens is 478 g/mol. The summed E-state index contributed by atoms with van der Waals surface area (Å²) in [5, 5.41) is 14.8. The normalized spacial score (nSPS) is 17.2. The van der Waals surface area contributed by atoms with Gasteiger partial charge in [0.25, 0.3) is 0 Å². The van der Waals surface area contributed by atoms with Crippen LogP contribution in [0.3, 0.4) is 0 Å². The average molecular weight is 512 g/mol. The van der Waals surface area contributed by atoms with E-state index in [4.69, 9.17) is 12.2 Å². The van der Waals surface area contributed by atoms with Crippen molar-refractivity contribution in [2.24, 2.45) is 0 Å². The summed E-state index contributed by atoms with van der Waals surface area (Å²) in [6.45, 7) is 10.6. The molecule has 37 heavy (non-hydrogen) atoms. The van der Waals surface area contributed by atoms with Gasteiger partial charge in [-0.15, -0.1) is 0 Å². The van der Waals surface area contributed by atoms with Gasteiger partial charge in [-0.2, -0.15) is 0 Å². The van der Waals surface area contributed by atoms with Crippen LogP contribution in [-0.2, 0) is 0 Å². The van der Waals surface area contributed by atoms with Gasteiger partial charge in [-0.1, -0.05) is 18.2 Å². The summed E-state index contributed by atoms with van der Waals surface area (Å²) in [4.78, 5) is 9.03. The molecule has 7 heteroatoms. The number of pyridine rings is 1. The van der Waals surface area contributed by atoms with E-state index in [1.54, 1.807) is 12.3 Å². The van der Waals surface area contributed by atoms with E-state index in [9.17, 15) is 5.11 Å². The lowest BCUT2D eigenvalue weighted by molar-refractivity contribution is 0.472. The molecule has 4 aromatic rings. The first-order chi connectivity index (χ1) is 17.9. The largest absolute Gasteiger partial charge is 0.506 e. The Balaban J connectivity index is 1.62. The van der Waals surface area contributed by atoms with E-state index in [0.717, 1.165) is 41.4 Å². The fraction of sp³-hybridized carbons (Fsp3) is 0.267. The number of hydrogen-bond donors (Lipinski definition) is 2. The lowest BCUT2D eigenvalue weighted by Crippen LogP contribution is -2.29. The summed E-state index contributed by atoms with van der Waals surface area (Å²) in [5.41, 5.74) is 7.33. The maximum Gasteiger partial charge on any atom is 0.174 e. The maximum atomic E-state index is 10.8. The van der Waals surface area contributed by atoms with Crippen LogP contribution in [0.15, 0.2) is 79.0 Å². The summed E-state index contributed by atoms with van der Waals surface area (Å²) < 4.78 is 2.29. The Morgan fingerprint density at radius 1 is 0.973 bits per heavy atom. The quantitative estimate of drug-likeness (QED) is 0.287. The third-order valence-corrected chi connectivity index (χ3v) is 7.58. The van der Waals surface area contributed by atoms with Crippen LogP contribution in [0.2, 0.25) is 0 Å². The molecule has 6 nitrogen and oxygen atoms in total. The van der Waals surface area contributed by atoms with Gasteiger partial charge < -0.3 is 24.8 Å². The van der Waals surface area contributed by atoms with Crippen LogP contribution in [0.4, 0.5) is 11.4 Å². The molecule has 0 spiro atoms. The topological polar surface area (TPSA) is 56.6 Å². The summed E-state index contributed by atoms with van der Waals surface area (Å²) in [5.74, 6) is 0.194. The van der Waals surface area contributed by atoms with Crippen LogP contribution in [0.1, 0.15) is 48.6 Å². The number of aromatic hydroxyl groups is 1. The molecule has 0 bridgehead atoms. The van der Waals surface area contributed by atoms with Gasteiger partial charge in [0, 0.05) is 42.0 Å². The summed E-state index contributed by atoms with van der Waals surface area (Å²) >= 11 is 5.84. The van der Waals surface area contributed by atoms with E-state index in [0.29, 0.717) is 10.8 Å². The summed E-state index contributed by atoms with van der Waals surface area (Å²) in [6, 6.07) is 23.9. The molecule has 5 rings (SSSR count). The zero-order chi connectivity index (χ0) is 26.1. The van der Waals surface area contributed by atoms with Crippen molar-refractivity contribution in [1.29, 1.82) is 0 Å². The van der Waals surface area contributed by atoms with Gasteiger partial charge in [-0.05, 0) is 100 Å². The number of para-hydroxylation sites is 2. The maximum absolute atomic E-state index is 10.8. The molecule has 2 aromatic heterocycles. The van der Waals surface area contributed by atoms with Crippen molar-refractivity contribution in [3.63, 3.8) is 0 Å². The van der Waals surface area contributed by atoms with Gasteiger partial charge in [-0.3, -0.25) is 4.98 Å². The van der Waals surface area contributed by atoms with Crippen molar-refractivity contribution < 1.29 is 5.11 Å². The van der Waals surface area contributed by atoms with Gasteiger partial charge in [0.2, 0.25) is 0 Å². The number of rotatable bonds is 7. The molecule has 0 unspecified atom stereocenters. The summed E-state index contributed by atoms with van der Waals surface area (Å²) in [7, 11) is 0. The molecule has 1 aliphatic rings. The highest BCUT2D eigenvalue weighted by molar-refractivity contribution is 7.80. The van der Waals surface area contributed by atoms with Crippen molar-refractivity contribution in [2.45, 2.75) is 39.8 Å². The molecule has 0 saturated carbocycles. The fourth-order valence-corrected chi connectivity index (χ4v) is 5.82. The molecule has 0 aliphatic carbocycles. The van der Waals surface area contributed by atoms with Crippen LogP contribution < -0.4 is 15.1 Å². The second-order valence-corrected chi connectivity index (χ2v) is 9.72. The van der Waals surface area contributed by atoms with E-state index in [1.165, 1.54) is 5.69 Å². The molecule has 1 aliphatic heterocycles. The van der Waals surface area contributed by atoms with Crippen molar-refractivity contribution in [3.8, 4) is 11.4 Å². The zero-order valence-electron chi connectivity index (χ0n) is 21.7. The first kappa shape index (κ1) is 24.8. The molecule has 190 valence electrons. The lowest BCUT2D eigenvalue weighted by Gasteiger charge is -2.28. The number of nitrogens with zero attached hydrogens (tertiary/aromatic N) is 4. The molecule has 2 N–H and O–H groups in total. The SMILES string of the molecule is CCN(CC)c1ccc(-n2c(C)cc([C@H]3[C@@H](c4ccccn4)NC(=S)N3c3ccccc3O)c2C)cc1. The number of benzene rings is 2. The third-order valence-electron chi connectivity index (χ3n) is 7.26. The van der Waals surface area contributed by atoms with Crippen LogP contribution in [0.5, 0.6) is 5.75 Å². The Labute approximate surface area is 224 Å². The minimum absolute atomic E-state index is 0.174. The Morgan fingerprint density at radius 2 is 1.68 bits per heavy atom. The molecule has 1 saturated heterocycles. The molecule has 2 aromatic carbocycles. The fourth-order valence-electron chi connectivity index (χ4n) is 5.48. The molecule has 0 radical (unpaired) electrons. The first-order valence-corrected chi connectivity index (χ1v) is 13.2. The minimum Gasteiger partial charge on any atom is -0.506 e. The minimum atomic E-state index is -0.189. The zero-order valence-corrected chi connectivity index (χ0v) is 22.5. The van der Waals surface area contributed by atoms with Crippen molar-refractivity contribution >= 4 is 28.7 Å². The van der Waals surface area contributed by atoms with Gasteiger partial charge in [0.05, 0.1) is 23.5 Å². The second kappa shape index (κ2) is 10.3. The highest BCUT2D eigenvalue weighted by atomic mass is 32.1. The second-order valence-electron chi connectivity index (χ2n) is 9.34. The number of aromatic nitrogens is 2. The van der Waals surface area contributed by atoms with Gasteiger partial charge in [0.1, 0.15) is 5.75 Å². The van der Waals surface area contributed by atoms with E-state index < -0.39 is 0 Å². The molecule has 0 amide bonds. The molecule has 3 heterocycles. The lowest BCUT2D eigenvalue weighted by atomic mass is 9.96. The van der Waals surface area contributed by atoms with Crippen molar-refractivity contribution in [2.75, 3.05) is 22.9 Å². The van der Waals surface area contributed by atoms with E-state index in [-0.39, 0.29) is 17.8 Å². The Bertz CT molecular complexity index is 1400. The van der Waals surface area contributed by atoms with Crippen LogP contribution in [0.25, 0.3) is 5.69 Å². The van der Waals surface area contributed by atoms with Crippen molar-refractivity contribution in [3.05, 3.63) is 102 Å². The smallest absolute Gasteiger partial charge is 0.174 e. The van der Waals surface area contributed by atoms with Crippen molar-refractivity contribution in [1.82, 2.24) is 14.9 Å². The predicted octanol–water partition coefficient (Wildman–Crippen LogP) is 6.22. The molecule has 1 fully saturated rings. The standard InChI is InChI=1S/C30H33N5OS/c1-5-33(6-2)22-14-16-23(17-15-22)34-20(3)19-24(21(34)4)29-28(25-11-9-10-18-31-25)32-30(37)35(29)26-12-7-8-13-27(26)36/h7-19,28-29,36H,5-6H2,1-4H3,(H,32,37)/t28-,29+/m1/s1. The Kier molecular flexibility index (Phi) is 6.89. The van der Waals surface area contributed by atoms with Gasteiger partial charge in [-0.25, -0.2) is 0 Å². The summed E-state index contributed by atoms with van der Waals surface area (Å²) in [6.07, 6.45) is 1.81. The van der Waals surface area contributed by atoms with E-state index in [1.807, 2.05) is 41.3 Å². The number of nitrogens with one attached hydrogen (secondary N) is 1. The average Bonchev–Trinajstić information content (AvgIpc) is 3.41. The van der Waals surface area contributed by atoms with E-state index in [2.05, 4.69) is 77.8 Å². The number of hydrogen-bond acceptors (Lipinski definition) is 4. The third kappa shape index (κ3) is 4.44. The molecule has 2 atom stereocenters. The number of phenolic OH excluding ortho intramolecular Hbond substituents is 1. The first-order valence-electron chi connectivity index (χ1n) is 12.8. The van der Waals surface area contributed by atoms with Crippen LogP contribution in [0, 0.1) is 13.8 Å².